The molecular formula is C28H19Cl. The first-order valence-electron chi connectivity index (χ1n) is 9.72. The first-order chi connectivity index (χ1) is 14.3. The van der Waals surface area contributed by atoms with E-state index in [0.29, 0.717) is 0 Å². The van der Waals surface area contributed by atoms with E-state index in [1.54, 1.807) is 0 Å². The lowest BCUT2D eigenvalue weighted by molar-refractivity contribution is 1.57. The minimum Gasteiger partial charge on any atom is -0.0843 e. The van der Waals surface area contributed by atoms with Crippen LogP contribution in [0.5, 0.6) is 0 Å². The van der Waals surface area contributed by atoms with Gasteiger partial charge in [0.05, 0.1) is 0 Å². The summed E-state index contributed by atoms with van der Waals surface area (Å²) in [6.07, 6.45) is 0. The van der Waals surface area contributed by atoms with E-state index in [9.17, 15) is 0 Å². The zero-order valence-corrected chi connectivity index (χ0v) is 16.6. The van der Waals surface area contributed by atoms with Gasteiger partial charge in [-0.15, -0.1) is 0 Å². The van der Waals surface area contributed by atoms with Crippen LogP contribution in [-0.4, -0.2) is 0 Å². The molecule has 0 fully saturated rings. The maximum Gasteiger partial charge on any atom is 0.0418 e. The van der Waals surface area contributed by atoms with E-state index >= 15 is 0 Å². The van der Waals surface area contributed by atoms with Gasteiger partial charge in [-0.1, -0.05) is 96.5 Å². The molecule has 1 heteroatoms. The van der Waals surface area contributed by atoms with Gasteiger partial charge in [-0.2, -0.15) is 0 Å². The second kappa shape index (κ2) is 7.58. The maximum absolute atomic E-state index is 6.49. The summed E-state index contributed by atoms with van der Waals surface area (Å²) in [6.45, 7) is 0. The van der Waals surface area contributed by atoms with E-state index in [4.69, 9.17) is 11.6 Å². The SMILES string of the molecule is Clc1cc(-c2cc(-c3ccccc3)cc(-c3ccccc3)c2)c2ccccc2c1. The predicted molar refractivity (Wildman–Crippen MR) is 125 cm³/mol. The highest BCUT2D eigenvalue weighted by molar-refractivity contribution is 6.32. The van der Waals surface area contributed by atoms with Gasteiger partial charge in [-0.3, -0.25) is 0 Å². The van der Waals surface area contributed by atoms with Crippen molar-refractivity contribution in [3.8, 4) is 33.4 Å². The summed E-state index contributed by atoms with van der Waals surface area (Å²) >= 11 is 6.49. The number of fused-ring (bicyclic) bond motifs is 1. The molecule has 5 rings (SSSR count). The molecule has 5 aromatic carbocycles. The smallest absolute Gasteiger partial charge is 0.0418 e. The number of benzene rings is 5. The van der Waals surface area contributed by atoms with E-state index in [0.717, 1.165) is 16.0 Å². The first-order valence-corrected chi connectivity index (χ1v) is 10.1. The van der Waals surface area contributed by atoms with Crippen LogP contribution in [0.4, 0.5) is 0 Å². The van der Waals surface area contributed by atoms with Crippen molar-refractivity contribution < 1.29 is 0 Å². The topological polar surface area (TPSA) is 0 Å². The van der Waals surface area contributed by atoms with E-state index in [1.807, 2.05) is 6.07 Å². The number of hydrogen-bond acceptors (Lipinski definition) is 0. The largest absolute Gasteiger partial charge is 0.0843 e. The third-order valence-corrected chi connectivity index (χ3v) is 5.50. The molecule has 0 bridgehead atoms. The molecule has 0 saturated carbocycles. The molecule has 0 atom stereocenters. The molecule has 138 valence electrons. The summed E-state index contributed by atoms with van der Waals surface area (Å²) in [4.78, 5) is 0. The van der Waals surface area contributed by atoms with Crippen LogP contribution in [-0.2, 0) is 0 Å². The molecule has 0 heterocycles. The van der Waals surface area contributed by atoms with Gasteiger partial charge in [0.25, 0.3) is 0 Å². The van der Waals surface area contributed by atoms with Crippen LogP contribution in [0.3, 0.4) is 0 Å². The number of hydrogen-bond donors (Lipinski definition) is 0. The lowest BCUT2D eigenvalue weighted by Gasteiger charge is -2.13. The predicted octanol–water partition coefficient (Wildman–Crippen LogP) is 8.49. The molecule has 0 aliphatic heterocycles. The van der Waals surface area contributed by atoms with Crippen LogP contribution in [0.15, 0.2) is 115 Å². The van der Waals surface area contributed by atoms with Gasteiger partial charge in [-0.05, 0) is 74.5 Å². The second-order valence-corrected chi connectivity index (χ2v) is 7.64. The summed E-state index contributed by atoms with van der Waals surface area (Å²) < 4.78 is 0. The highest BCUT2D eigenvalue weighted by atomic mass is 35.5. The van der Waals surface area contributed by atoms with Gasteiger partial charge >= 0.3 is 0 Å². The van der Waals surface area contributed by atoms with Crippen molar-refractivity contribution in [1.82, 2.24) is 0 Å². The Labute approximate surface area is 176 Å². The van der Waals surface area contributed by atoms with Crippen molar-refractivity contribution in [3.05, 3.63) is 120 Å². The Kier molecular flexibility index (Phi) is 4.63. The Hall–Kier alpha value is -3.35. The summed E-state index contributed by atoms with van der Waals surface area (Å²) in [5.74, 6) is 0. The minimum absolute atomic E-state index is 0.755. The molecule has 29 heavy (non-hydrogen) atoms. The van der Waals surface area contributed by atoms with Crippen molar-refractivity contribution in [2.24, 2.45) is 0 Å². The standard InChI is InChI=1S/C28H19Cl/c29-26-18-22-13-7-8-14-27(22)28(19-26)25-16-23(20-9-3-1-4-10-20)15-24(17-25)21-11-5-2-6-12-21/h1-19H. The lowest BCUT2D eigenvalue weighted by Crippen LogP contribution is -1.87. The highest BCUT2D eigenvalue weighted by Gasteiger charge is 2.10. The van der Waals surface area contributed by atoms with Crippen LogP contribution in [0.25, 0.3) is 44.2 Å². The van der Waals surface area contributed by atoms with Gasteiger partial charge in [0.2, 0.25) is 0 Å². The van der Waals surface area contributed by atoms with Crippen molar-refractivity contribution in [1.29, 1.82) is 0 Å². The fourth-order valence-corrected chi connectivity index (χ4v) is 4.12. The van der Waals surface area contributed by atoms with E-state index < -0.39 is 0 Å². The first kappa shape index (κ1) is 17.7. The molecule has 0 radical (unpaired) electrons. The molecule has 0 N–H and O–H groups in total. The number of rotatable bonds is 3. The van der Waals surface area contributed by atoms with Crippen LogP contribution in [0, 0.1) is 0 Å². The summed E-state index contributed by atoms with van der Waals surface area (Å²) in [6, 6.07) is 40.4. The Bertz CT molecular complexity index is 1230. The Morgan fingerprint density at radius 2 is 0.931 bits per heavy atom. The molecule has 0 nitrogen and oxygen atoms in total. The van der Waals surface area contributed by atoms with E-state index in [1.165, 1.54) is 33.2 Å². The molecule has 5 aromatic rings. The molecule has 0 spiro atoms. The normalized spacial score (nSPS) is 10.9. The average Bonchev–Trinajstić information content (AvgIpc) is 2.79. The quantitative estimate of drug-likeness (QED) is 0.289. The van der Waals surface area contributed by atoms with Gasteiger partial charge in [0.1, 0.15) is 0 Å². The van der Waals surface area contributed by atoms with Crippen LogP contribution in [0.2, 0.25) is 5.02 Å². The third kappa shape index (κ3) is 3.55. The van der Waals surface area contributed by atoms with Crippen LogP contribution >= 0.6 is 11.6 Å². The highest BCUT2D eigenvalue weighted by Crippen LogP contribution is 2.37. The summed E-state index contributed by atoms with van der Waals surface area (Å²) in [5, 5.41) is 3.12. The Balaban J connectivity index is 1.80. The average molecular weight is 391 g/mol. The van der Waals surface area contributed by atoms with Crippen molar-refractivity contribution >= 4 is 22.4 Å². The van der Waals surface area contributed by atoms with Crippen molar-refractivity contribution in [2.75, 3.05) is 0 Å². The van der Waals surface area contributed by atoms with E-state index in [2.05, 4.69) is 109 Å². The fraction of sp³-hybridized carbons (Fsp3) is 0. The van der Waals surface area contributed by atoms with Crippen LogP contribution < -0.4 is 0 Å². The fourth-order valence-electron chi connectivity index (χ4n) is 3.89. The molecule has 0 amide bonds. The molecule has 0 unspecified atom stereocenters. The van der Waals surface area contributed by atoms with Gasteiger partial charge in [0, 0.05) is 5.02 Å². The number of halogens is 1. The van der Waals surface area contributed by atoms with Crippen molar-refractivity contribution in [2.45, 2.75) is 0 Å². The monoisotopic (exact) mass is 390 g/mol. The molecule has 0 aliphatic rings. The van der Waals surface area contributed by atoms with Crippen molar-refractivity contribution in [3.63, 3.8) is 0 Å². The zero-order valence-electron chi connectivity index (χ0n) is 15.8. The minimum atomic E-state index is 0.755. The second-order valence-electron chi connectivity index (χ2n) is 7.21. The maximum atomic E-state index is 6.49. The zero-order chi connectivity index (χ0) is 19.6. The lowest BCUT2D eigenvalue weighted by atomic mass is 9.91. The Morgan fingerprint density at radius 3 is 1.55 bits per heavy atom. The molecule has 0 aromatic heterocycles. The molecule has 0 saturated heterocycles. The van der Waals surface area contributed by atoms with Gasteiger partial charge in [-0.25, -0.2) is 0 Å². The molecule has 0 aliphatic carbocycles. The third-order valence-electron chi connectivity index (χ3n) is 5.28. The summed E-state index contributed by atoms with van der Waals surface area (Å²) in [5.41, 5.74) is 7.14. The van der Waals surface area contributed by atoms with Gasteiger partial charge < -0.3 is 0 Å². The Morgan fingerprint density at radius 1 is 0.414 bits per heavy atom. The summed E-state index contributed by atoms with van der Waals surface area (Å²) in [7, 11) is 0. The van der Waals surface area contributed by atoms with Gasteiger partial charge in [0.15, 0.2) is 0 Å². The van der Waals surface area contributed by atoms with Crippen LogP contribution in [0.1, 0.15) is 0 Å². The molecular weight excluding hydrogens is 372 g/mol. The van der Waals surface area contributed by atoms with E-state index in [-0.39, 0.29) is 0 Å².